The monoisotopic (exact) mass is 281 g/mol. The average Bonchev–Trinajstić information content (AvgIpc) is 2.25. The molecule has 0 N–H and O–H groups in total. The van der Waals surface area contributed by atoms with Crippen LogP contribution in [0.3, 0.4) is 0 Å². The van der Waals surface area contributed by atoms with Crippen LogP contribution in [0.1, 0.15) is 23.5 Å². The second kappa shape index (κ2) is 5.51. The highest BCUT2D eigenvalue weighted by atomic mass is 19.4. The van der Waals surface area contributed by atoms with Gasteiger partial charge in [-0.05, 0) is 11.1 Å². The van der Waals surface area contributed by atoms with E-state index >= 15 is 0 Å². The van der Waals surface area contributed by atoms with Gasteiger partial charge in [-0.2, -0.15) is 31.6 Å². The van der Waals surface area contributed by atoms with Crippen molar-refractivity contribution in [2.24, 2.45) is 0 Å². The van der Waals surface area contributed by atoms with Gasteiger partial charge in [0.1, 0.15) is 0 Å². The number of rotatable bonds is 3. The Labute approximate surface area is 105 Å². The van der Waals surface area contributed by atoms with Crippen LogP contribution in [0.25, 0.3) is 0 Å². The van der Waals surface area contributed by atoms with Crippen LogP contribution < -0.4 is 0 Å². The molecule has 1 aromatic carbocycles. The van der Waals surface area contributed by atoms with Gasteiger partial charge in [-0.3, -0.25) is 0 Å². The maximum atomic E-state index is 12.6. The number of nitriles is 1. The molecule has 1 unspecified atom stereocenters. The lowest BCUT2D eigenvalue weighted by molar-refractivity contribution is -0.197. The molecule has 0 aliphatic carbocycles. The summed E-state index contributed by atoms with van der Waals surface area (Å²) in [4.78, 5) is 0. The van der Waals surface area contributed by atoms with Crippen molar-refractivity contribution in [3.05, 3.63) is 35.4 Å². The van der Waals surface area contributed by atoms with Gasteiger partial charge in [-0.15, -0.1) is 0 Å². The number of hydrogen-bond donors (Lipinski definition) is 0. The first-order valence-corrected chi connectivity index (χ1v) is 5.23. The molecule has 0 spiro atoms. The smallest absolute Gasteiger partial charge is 0.198 e. The minimum Gasteiger partial charge on any atom is -0.198 e. The number of hydrogen-bond acceptors (Lipinski definition) is 1. The predicted octanol–water partition coefficient (Wildman–Crippen LogP) is 4.35. The molecular weight excluding hydrogens is 272 g/mol. The van der Waals surface area contributed by atoms with Crippen LogP contribution >= 0.6 is 0 Å². The molecule has 0 aromatic heterocycles. The molecule has 0 amide bonds. The molecule has 0 aliphatic heterocycles. The minimum absolute atomic E-state index is 0.00373. The van der Waals surface area contributed by atoms with Gasteiger partial charge in [-0.1, -0.05) is 24.3 Å². The molecule has 0 heterocycles. The lowest BCUT2D eigenvalue weighted by Crippen LogP contribution is -2.26. The van der Waals surface area contributed by atoms with E-state index in [0.717, 1.165) is 12.1 Å². The van der Waals surface area contributed by atoms with Gasteiger partial charge in [0.25, 0.3) is 0 Å². The summed E-state index contributed by atoms with van der Waals surface area (Å²) in [6.07, 6.45) is -11.8. The fourth-order valence-corrected chi connectivity index (χ4v) is 1.61. The van der Waals surface area contributed by atoms with E-state index in [1.807, 2.05) is 0 Å². The number of nitrogens with zero attached hydrogens (tertiary/aromatic N) is 1. The van der Waals surface area contributed by atoms with Crippen LogP contribution in [0.5, 0.6) is 0 Å². The molecule has 1 rings (SSSR count). The molecule has 0 bridgehead atoms. The Balaban J connectivity index is 3.02. The summed E-state index contributed by atoms with van der Waals surface area (Å²) in [6.45, 7) is 0. The Bertz CT molecular complexity index is 451. The number of benzene rings is 1. The van der Waals surface area contributed by atoms with Crippen molar-refractivity contribution in [1.82, 2.24) is 0 Å². The third-order valence-corrected chi connectivity index (χ3v) is 2.50. The lowest BCUT2D eigenvalue weighted by atomic mass is 9.93. The molecule has 0 radical (unpaired) electrons. The third-order valence-electron chi connectivity index (χ3n) is 2.50. The fourth-order valence-electron chi connectivity index (χ4n) is 1.61. The summed E-state index contributed by atoms with van der Waals surface area (Å²) < 4.78 is 74.4. The lowest BCUT2D eigenvalue weighted by Gasteiger charge is -2.22. The normalized spacial score (nSPS) is 13.9. The fraction of sp³-hybridized carbons (Fsp3) is 0.417. The van der Waals surface area contributed by atoms with Gasteiger partial charge in [0.05, 0.1) is 24.8 Å². The SMILES string of the molecule is N#CCc1ccc(C(CC(F)(F)F)C(F)(F)F)cc1. The van der Waals surface area contributed by atoms with E-state index in [1.165, 1.54) is 12.1 Å². The predicted molar refractivity (Wildman–Crippen MR) is 55.2 cm³/mol. The van der Waals surface area contributed by atoms with Crippen molar-refractivity contribution in [2.75, 3.05) is 0 Å². The van der Waals surface area contributed by atoms with E-state index in [2.05, 4.69) is 0 Å². The molecule has 19 heavy (non-hydrogen) atoms. The topological polar surface area (TPSA) is 23.8 Å². The summed E-state index contributed by atoms with van der Waals surface area (Å²) >= 11 is 0. The van der Waals surface area contributed by atoms with E-state index in [1.54, 1.807) is 6.07 Å². The summed E-state index contributed by atoms with van der Waals surface area (Å²) in [5, 5.41) is 8.40. The largest absolute Gasteiger partial charge is 0.396 e. The van der Waals surface area contributed by atoms with Crippen LogP contribution in [0.4, 0.5) is 26.3 Å². The Morgan fingerprint density at radius 1 is 1.00 bits per heavy atom. The van der Waals surface area contributed by atoms with E-state index in [-0.39, 0.29) is 6.42 Å². The minimum atomic E-state index is -4.97. The standard InChI is InChI=1S/C12H9F6N/c13-11(14,15)7-10(12(16,17)18)9-3-1-8(2-4-9)5-6-19/h1-4,10H,5,7H2. The van der Waals surface area contributed by atoms with Crippen molar-refractivity contribution in [2.45, 2.75) is 31.1 Å². The molecule has 7 heteroatoms. The van der Waals surface area contributed by atoms with Gasteiger partial charge >= 0.3 is 12.4 Å². The average molecular weight is 281 g/mol. The zero-order valence-corrected chi connectivity index (χ0v) is 9.52. The molecule has 1 nitrogen and oxygen atoms in total. The highest BCUT2D eigenvalue weighted by Gasteiger charge is 2.47. The van der Waals surface area contributed by atoms with Crippen molar-refractivity contribution >= 4 is 0 Å². The van der Waals surface area contributed by atoms with E-state index < -0.39 is 30.3 Å². The van der Waals surface area contributed by atoms with Gasteiger partial charge in [0, 0.05) is 0 Å². The van der Waals surface area contributed by atoms with Crippen LogP contribution in [-0.2, 0) is 6.42 Å². The van der Waals surface area contributed by atoms with Crippen LogP contribution in [0.2, 0.25) is 0 Å². The Hall–Kier alpha value is -1.71. The maximum absolute atomic E-state index is 12.6. The summed E-state index contributed by atoms with van der Waals surface area (Å²) in [5.74, 6) is -2.58. The molecule has 0 fully saturated rings. The molecule has 0 aliphatic rings. The zero-order valence-electron chi connectivity index (χ0n) is 9.52. The first-order chi connectivity index (χ1) is 8.63. The third kappa shape index (κ3) is 4.81. The van der Waals surface area contributed by atoms with Crippen molar-refractivity contribution < 1.29 is 26.3 Å². The van der Waals surface area contributed by atoms with E-state index in [0.29, 0.717) is 5.56 Å². The molecular formula is C12H9F6N. The van der Waals surface area contributed by atoms with Crippen molar-refractivity contribution in [3.63, 3.8) is 0 Å². The molecule has 0 saturated heterocycles. The second-order valence-electron chi connectivity index (χ2n) is 3.99. The van der Waals surface area contributed by atoms with E-state index in [4.69, 9.17) is 5.26 Å². The van der Waals surface area contributed by atoms with Crippen LogP contribution in [0, 0.1) is 11.3 Å². The highest BCUT2D eigenvalue weighted by Crippen LogP contribution is 2.42. The van der Waals surface area contributed by atoms with Crippen LogP contribution in [-0.4, -0.2) is 12.4 Å². The molecule has 104 valence electrons. The van der Waals surface area contributed by atoms with Gasteiger partial charge in [0.15, 0.2) is 0 Å². The first kappa shape index (κ1) is 15.3. The zero-order chi connectivity index (χ0) is 14.7. The second-order valence-corrected chi connectivity index (χ2v) is 3.99. The van der Waals surface area contributed by atoms with Gasteiger partial charge in [-0.25, -0.2) is 0 Å². The van der Waals surface area contributed by atoms with Crippen molar-refractivity contribution in [1.29, 1.82) is 5.26 Å². The summed E-state index contributed by atoms with van der Waals surface area (Å²) in [6, 6.07) is 6.22. The summed E-state index contributed by atoms with van der Waals surface area (Å²) in [5.41, 5.74) is 0.00528. The summed E-state index contributed by atoms with van der Waals surface area (Å²) in [7, 11) is 0. The molecule has 1 atom stereocenters. The number of alkyl halides is 6. The molecule has 0 saturated carbocycles. The maximum Gasteiger partial charge on any atom is 0.396 e. The van der Waals surface area contributed by atoms with Crippen molar-refractivity contribution in [3.8, 4) is 6.07 Å². The highest BCUT2D eigenvalue weighted by molar-refractivity contribution is 5.28. The Morgan fingerprint density at radius 3 is 1.89 bits per heavy atom. The van der Waals surface area contributed by atoms with Gasteiger partial charge in [0.2, 0.25) is 0 Å². The number of halogens is 6. The Morgan fingerprint density at radius 2 is 1.53 bits per heavy atom. The quantitative estimate of drug-likeness (QED) is 0.755. The Kier molecular flexibility index (Phi) is 4.45. The van der Waals surface area contributed by atoms with Gasteiger partial charge < -0.3 is 0 Å². The van der Waals surface area contributed by atoms with E-state index in [9.17, 15) is 26.3 Å². The van der Waals surface area contributed by atoms with Crippen LogP contribution in [0.15, 0.2) is 24.3 Å². The molecule has 1 aromatic rings. The first-order valence-electron chi connectivity index (χ1n) is 5.23.